The number of para-hydroxylation sites is 1. The fourth-order valence-electron chi connectivity index (χ4n) is 2.62. The minimum absolute atomic E-state index is 0.837. The van der Waals surface area contributed by atoms with Gasteiger partial charge in [-0.3, -0.25) is 0 Å². The number of anilines is 2. The van der Waals surface area contributed by atoms with E-state index in [1.807, 2.05) is 7.05 Å². The zero-order chi connectivity index (χ0) is 13.1. The number of benzene rings is 1. The molecule has 100 valence electrons. The SMILES string of the molecule is CNc1snnc1CN1CCCCc2ccccc21. The minimum atomic E-state index is 0.837. The first-order valence-electron chi connectivity index (χ1n) is 6.70. The first-order chi connectivity index (χ1) is 9.38. The average molecular weight is 274 g/mol. The lowest BCUT2D eigenvalue weighted by molar-refractivity contribution is 0.707. The number of hydrogen-bond acceptors (Lipinski definition) is 5. The Morgan fingerprint density at radius 1 is 1.32 bits per heavy atom. The van der Waals surface area contributed by atoms with Gasteiger partial charge in [0.1, 0.15) is 10.7 Å². The zero-order valence-electron chi connectivity index (χ0n) is 11.1. The van der Waals surface area contributed by atoms with Crippen LogP contribution in [-0.4, -0.2) is 23.2 Å². The van der Waals surface area contributed by atoms with Crippen molar-refractivity contribution >= 4 is 22.2 Å². The van der Waals surface area contributed by atoms with E-state index in [0.29, 0.717) is 0 Å². The van der Waals surface area contributed by atoms with Crippen LogP contribution in [0.1, 0.15) is 24.1 Å². The molecular weight excluding hydrogens is 256 g/mol. The predicted octanol–water partition coefficient (Wildman–Crippen LogP) is 2.92. The number of aryl methyl sites for hydroxylation is 1. The van der Waals surface area contributed by atoms with Gasteiger partial charge in [-0.05, 0) is 30.9 Å². The highest BCUT2D eigenvalue weighted by Gasteiger charge is 2.17. The van der Waals surface area contributed by atoms with Crippen molar-refractivity contribution in [3.8, 4) is 0 Å². The van der Waals surface area contributed by atoms with E-state index in [4.69, 9.17) is 0 Å². The Labute approximate surface area is 117 Å². The van der Waals surface area contributed by atoms with Crippen LogP contribution in [0.3, 0.4) is 0 Å². The summed E-state index contributed by atoms with van der Waals surface area (Å²) in [5.41, 5.74) is 3.86. The molecule has 2 heterocycles. The molecule has 1 aromatic heterocycles. The Morgan fingerprint density at radius 2 is 2.21 bits per heavy atom. The maximum atomic E-state index is 4.25. The highest BCUT2D eigenvalue weighted by Crippen LogP contribution is 2.28. The molecule has 0 aliphatic carbocycles. The van der Waals surface area contributed by atoms with Crippen LogP contribution in [0, 0.1) is 0 Å². The average Bonchev–Trinajstić information content (AvgIpc) is 2.80. The van der Waals surface area contributed by atoms with Gasteiger partial charge in [0, 0.05) is 30.8 Å². The van der Waals surface area contributed by atoms with Crippen LogP contribution in [0.4, 0.5) is 10.7 Å². The summed E-state index contributed by atoms with van der Waals surface area (Å²) in [5, 5.41) is 8.49. The van der Waals surface area contributed by atoms with Crippen LogP contribution in [0.15, 0.2) is 24.3 Å². The Hall–Kier alpha value is -1.62. The van der Waals surface area contributed by atoms with E-state index in [9.17, 15) is 0 Å². The van der Waals surface area contributed by atoms with Crippen LogP contribution in [0.25, 0.3) is 0 Å². The maximum Gasteiger partial charge on any atom is 0.134 e. The van der Waals surface area contributed by atoms with Gasteiger partial charge in [0.25, 0.3) is 0 Å². The number of fused-ring (bicyclic) bond motifs is 1. The van der Waals surface area contributed by atoms with Crippen LogP contribution in [0.2, 0.25) is 0 Å². The molecule has 2 aromatic rings. The molecule has 1 aliphatic heterocycles. The highest BCUT2D eigenvalue weighted by molar-refractivity contribution is 7.10. The summed E-state index contributed by atoms with van der Waals surface area (Å²) >= 11 is 1.43. The molecular formula is C14H18N4S. The molecule has 0 bridgehead atoms. The van der Waals surface area contributed by atoms with Crippen LogP contribution < -0.4 is 10.2 Å². The Morgan fingerprint density at radius 3 is 3.11 bits per heavy atom. The van der Waals surface area contributed by atoms with Gasteiger partial charge in [-0.25, -0.2) is 0 Å². The zero-order valence-corrected chi connectivity index (χ0v) is 11.9. The molecule has 19 heavy (non-hydrogen) atoms. The number of aromatic nitrogens is 2. The van der Waals surface area contributed by atoms with E-state index >= 15 is 0 Å². The lowest BCUT2D eigenvalue weighted by Crippen LogP contribution is -2.24. The fraction of sp³-hybridized carbons (Fsp3) is 0.429. The Balaban J connectivity index is 1.88. The molecule has 0 amide bonds. The molecule has 0 saturated heterocycles. The molecule has 5 heteroatoms. The van der Waals surface area contributed by atoms with Crippen LogP contribution in [0.5, 0.6) is 0 Å². The Kier molecular flexibility index (Phi) is 3.64. The summed E-state index contributed by atoms with van der Waals surface area (Å²) in [7, 11) is 1.93. The topological polar surface area (TPSA) is 41.1 Å². The minimum Gasteiger partial charge on any atom is -0.377 e. The van der Waals surface area contributed by atoms with E-state index < -0.39 is 0 Å². The van der Waals surface area contributed by atoms with Gasteiger partial charge < -0.3 is 10.2 Å². The van der Waals surface area contributed by atoms with Crippen molar-refractivity contribution in [1.82, 2.24) is 9.59 Å². The largest absolute Gasteiger partial charge is 0.377 e. The second-order valence-corrected chi connectivity index (χ2v) is 5.56. The first-order valence-corrected chi connectivity index (χ1v) is 7.47. The van der Waals surface area contributed by atoms with Crippen LogP contribution in [-0.2, 0) is 13.0 Å². The van der Waals surface area contributed by atoms with Gasteiger partial charge in [0.05, 0.1) is 6.54 Å². The molecule has 0 unspecified atom stereocenters. The second kappa shape index (κ2) is 5.57. The van der Waals surface area contributed by atoms with Crippen molar-refractivity contribution in [1.29, 1.82) is 0 Å². The van der Waals surface area contributed by atoms with Gasteiger partial charge in [-0.2, -0.15) is 0 Å². The molecule has 0 fully saturated rings. The van der Waals surface area contributed by atoms with Crippen molar-refractivity contribution in [2.24, 2.45) is 0 Å². The smallest absolute Gasteiger partial charge is 0.134 e. The quantitative estimate of drug-likeness (QED) is 0.934. The summed E-state index contributed by atoms with van der Waals surface area (Å²) in [6.07, 6.45) is 3.68. The summed E-state index contributed by atoms with van der Waals surface area (Å²) < 4.78 is 4.04. The summed E-state index contributed by atoms with van der Waals surface area (Å²) in [5.74, 6) is 0. The maximum absolute atomic E-state index is 4.25. The van der Waals surface area contributed by atoms with Crippen LogP contribution >= 0.6 is 11.5 Å². The third-order valence-electron chi connectivity index (χ3n) is 3.58. The van der Waals surface area contributed by atoms with Gasteiger partial charge >= 0.3 is 0 Å². The van der Waals surface area contributed by atoms with Crippen molar-refractivity contribution in [2.75, 3.05) is 23.8 Å². The number of nitrogens with zero attached hydrogens (tertiary/aromatic N) is 3. The van der Waals surface area contributed by atoms with Crippen molar-refractivity contribution < 1.29 is 0 Å². The third-order valence-corrected chi connectivity index (χ3v) is 4.37. The predicted molar refractivity (Wildman–Crippen MR) is 79.9 cm³/mol. The van der Waals surface area contributed by atoms with Crippen molar-refractivity contribution in [3.05, 3.63) is 35.5 Å². The Bertz CT molecular complexity index is 552. The molecule has 1 aliphatic rings. The molecule has 1 N–H and O–H groups in total. The normalized spacial score (nSPS) is 14.9. The van der Waals surface area contributed by atoms with Gasteiger partial charge in [-0.1, -0.05) is 22.7 Å². The van der Waals surface area contributed by atoms with Crippen molar-refractivity contribution in [2.45, 2.75) is 25.8 Å². The van der Waals surface area contributed by atoms with Crippen molar-refractivity contribution in [3.63, 3.8) is 0 Å². The highest BCUT2D eigenvalue weighted by atomic mass is 32.1. The van der Waals surface area contributed by atoms with Gasteiger partial charge in [-0.15, -0.1) is 5.10 Å². The molecule has 0 saturated carbocycles. The molecule has 4 nitrogen and oxygen atoms in total. The molecule has 0 spiro atoms. The van der Waals surface area contributed by atoms with E-state index in [1.165, 1.54) is 42.0 Å². The van der Waals surface area contributed by atoms with E-state index in [1.54, 1.807) is 0 Å². The number of hydrogen-bond donors (Lipinski definition) is 1. The monoisotopic (exact) mass is 274 g/mol. The lowest BCUT2D eigenvalue weighted by Gasteiger charge is -2.24. The molecule has 0 radical (unpaired) electrons. The lowest BCUT2D eigenvalue weighted by atomic mass is 10.1. The number of nitrogens with one attached hydrogen (secondary N) is 1. The van der Waals surface area contributed by atoms with E-state index in [0.717, 1.165) is 23.8 Å². The summed E-state index contributed by atoms with van der Waals surface area (Å²) in [6.45, 7) is 1.93. The first kappa shape index (κ1) is 12.4. The van der Waals surface area contributed by atoms with Gasteiger partial charge in [0.15, 0.2) is 0 Å². The van der Waals surface area contributed by atoms with Gasteiger partial charge in [0.2, 0.25) is 0 Å². The third kappa shape index (κ3) is 2.56. The standard InChI is InChI=1S/C14H18N4S/c1-15-14-12(16-17-19-14)10-18-9-5-4-7-11-6-2-3-8-13(11)18/h2-3,6,8,15H,4-5,7,9-10H2,1H3. The van der Waals surface area contributed by atoms with E-state index in [2.05, 4.69) is 44.1 Å². The molecule has 0 atom stereocenters. The summed E-state index contributed by atoms with van der Waals surface area (Å²) in [6, 6.07) is 8.71. The second-order valence-electron chi connectivity index (χ2n) is 4.81. The number of rotatable bonds is 3. The fourth-order valence-corrected chi connectivity index (χ4v) is 3.14. The van der Waals surface area contributed by atoms with E-state index in [-0.39, 0.29) is 0 Å². The molecule has 3 rings (SSSR count). The molecule has 1 aromatic carbocycles. The summed E-state index contributed by atoms with van der Waals surface area (Å²) in [4.78, 5) is 2.43.